The molecule has 3 aromatic rings. The second kappa shape index (κ2) is 12.6. The summed E-state index contributed by atoms with van der Waals surface area (Å²) in [7, 11) is 0. The van der Waals surface area contributed by atoms with Crippen molar-refractivity contribution >= 4 is 23.7 Å². The molecule has 3 fully saturated rings. The lowest BCUT2D eigenvalue weighted by Gasteiger charge is -2.37. The molecular formula is C32H33F3N4O4. The number of halogens is 3. The summed E-state index contributed by atoms with van der Waals surface area (Å²) in [5, 5.41) is 0. The maximum Gasteiger partial charge on any atom is 0.416 e. The highest BCUT2D eigenvalue weighted by atomic mass is 19.4. The van der Waals surface area contributed by atoms with Crippen LogP contribution in [0, 0.1) is 6.92 Å². The largest absolute Gasteiger partial charge is 0.441 e. The lowest BCUT2D eigenvalue weighted by atomic mass is 9.90. The molecule has 0 saturated carbocycles. The molecule has 1 amide bonds. The molecule has 43 heavy (non-hydrogen) atoms. The average Bonchev–Trinajstić information content (AvgIpc) is 3.64. The van der Waals surface area contributed by atoms with Gasteiger partial charge in [0.1, 0.15) is 11.4 Å². The third-order valence-corrected chi connectivity index (χ3v) is 8.44. The van der Waals surface area contributed by atoms with Gasteiger partial charge in [0.15, 0.2) is 0 Å². The second-order valence-electron chi connectivity index (χ2n) is 11.3. The van der Waals surface area contributed by atoms with Crippen LogP contribution in [0.4, 0.5) is 29.5 Å². The standard InChI is InChI=1S/C31H33F3N4O2.CO2/c1-22-17-26(23-9-10-28(35-19-23)37-13-5-6-14-37)24(18-27(22)31(32,33)34)20-36-15-11-30(12-16-36)21-38(29(39)40-30)25-7-3-2-4-8-25;2-1-3/h2-4,7-10,17-19H,5-6,11-16,20-21H2,1H3;. The predicted octanol–water partition coefficient (Wildman–Crippen LogP) is 6.08. The molecule has 3 aliphatic rings. The van der Waals surface area contributed by atoms with Gasteiger partial charge in [-0.25, -0.2) is 9.78 Å². The van der Waals surface area contributed by atoms with E-state index >= 15 is 0 Å². The number of para-hydroxylation sites is 1. The zero-order chi connectivity index (χ0) is 30.6. The monoisotopic (exact) mass is 594 g/mol. The van der Waals surface area contributed by atoms with Crippen molar-refractivity contribution in [1.82, 2.24) is 9.88 Å². The van der Waals surface area contributed by atoms with Crippen LogP contribution in [-0.4, -0.2) is 60.5 Å². The number of carbonyl (C=O) groups excluding carboxylic acids is 3. The first kappa shape index (κ1) is 30.3. The molecule has 1 aromatic heterocycles. The number of carbonyl (C=O) groups is 1. The van der Waals surface area contributed by atoms with Crippen molar-refractivity contribution < 1.29 is 32.3 Å². The topological polar surface area (TPSA) is 83.1 Å². The van der Waals surface area contributed by atoms with E-state index in [9.17, 15) is 18.0 Å². The van der Waals surface area contributed by atoms with Crippen LogP contribution in [0.1, 0.15) is 42.4 Å². The van der Waals surface area contributed by atoms with Crippen molar-refractivity contribution in [3.05, 3.63) is 77.5 Å². The average molecular weight is 595 g/mol. The molecule has 0 atom stereocenters. The Hall–Kier alpha value is -4.21. The first-order valence-electron chi connectivity index (χ1n) is 14.3. The number of rotatable bonds is 5. The van der Waals surface area contributed by atoms with Gasteiger partial charge < -0.3 is 9.64 Å². The molecular weight excluding hydrogens is 561 g/mol. The van der Waals surface area contributed by atoms with Crippen molar-refractivity contribution in [3.63, 3.8) is 0 Å². The summed E-state index contributed by atoms with van der Waals surface area (Å²) >= 11 is 0. The molecule has 8 nitrogen and oxygen atoms in total. The minimum absolute atomic E-state index is 0.200. The van der Waals surface area contributed by atoms with E-state index in [4.69, 9.17) is 14.3 Å². The number of likely N-dealkylation sites (tertiary alicyclic amines) is 1. The van der Waals surface area contributed by atoms with Crippen LogP contribution in [0.25, 0.3) is 11.1 Å². The number of amides is 1. The van der Waals surface area contributed by atoms with Crippen LogP contribution in [0.5, 0.6) is 0 Å². The summed E-state index contributed by atoms with van der Waals surface area (Å²) in [6.45, 7) is 5.57. The summed E-state index contributed by atoms with van der Waals surface area (Å²) in [6.07, 6.45) is 0.794. The second-order valence-corrected chi connectivity index (χ2v) is 11.3. The molecule has 0 radical (unpaired) electrons. The van der Waals surface area contributed by atoms with Crippen molar-refractivity contribution in [3.8, 4) is 11.1 Å². The number of benzene rings is 2. The van der Waals surface area contributed by atoms with Crippen LogP contribution >= 0.6 is 0 Å². The zero-order valence-electron chi connectivity index (χ0n) is 23.9. The number of piperidine rings is 1. The number of aryl methyl sites for hydroxylation is 1. The Kier molecular flexibility index (Phi) is 8.84. The normalized spacial score (nSPS) is 18.3. The van der Waals surface area contributed by atoms with Gasteiger partial charge in [0.05, 0.1) is 12.1 Å². The maximum absolute atomic E-state index is 13.9. The summed E-state index contributed by atoms with van der Waals surface area (Å²) in [5.41, 5.74) is 2.03. The van der Waals surface area contributed by atoms with Gasteiger partial charge in [0, 0.05) is 63.0 Å². The summed E-state index contributed by atoms with van der Waals surface area (Å²) < 4.78 is 47.6. The summed E-state index contributed by atoms with van der Waals surface area (Å²) in [6, 6.07) is 16.3. The zero-order valence-corrected chi connectivity index (χ0v) is 23.9. The maximum atomic E-state index is 13.9. The third kappa shape index (κ3) is 6.73. The minimum atomic E-state index is -4.43. The van der Waals surface area contributed by atoms with Crippen LogP contribution < -0.4 is 9.80 Å². The number of hydrogen-bond donors (Lipinski definition) is 0. The molecule has 0 unspecified atom stereocenters. The Morgan fingerprint density at radius 1 is 0.977 bits per heavy atom. The van der Waals surface area contributed by atoms with E-state index in [0.29, 0.717) is 44.6 Å². The van der Waals surface area contributed by atoms with Gasteiger partial charge in [-0.15, -0.1) is 0 Å². The van der Waals surface area contributed by atoms with Gasteiger partial charge in [-0.05, 0) is 66.8 Å². The fourth-order valence-electron chi connectivity index (χ4n) is 6.19. The molecule has 0 N–H and O–H groups in total. The Labute approximate surface area is 248 Å². The van der Waals surface area contributed by atoms with Gasteiger partial charge in [-0.1, -0.05) is 24.3 Å². The smallest absolute Gasteiger partial charge is 0.416 e. The Morgan fingerprint density at radius 3 is 2.26 bits per heavy atom. The highest BCUT2D eigenvalue weighted by Crippen LogP contribution is 2.39. The molecule has 1 spiro atoms. The quantitative estimate of drug-likeness (QED) is 0.354. The number of ether oxygens (including phenoxy) is 1. The molecule has 226 valence electrons. The molecule has 0 aliphatic carbocycles. The van der Waals surface area contributed by atoms with E-state index in [0.717, 1.165) is 48.6 Å². The van der Waals surface area contributed by atoms with E-state index in [1.54, 1.807) is 17.2 Å². The number of hydrogen-bond acceptors (Lipinski definition) is 7. The van der Waals surface area contributed by atoms with Gasteiger partial charge in [0.2, 0.25) is 0 Å². The number of alkyl halides is 3. The van der Waals surface area contributed by atoms with Crippen LogP contribution in [0.3, 0.4) is 0 Å². The van der Waals surface area contributed by atoms with Gasteiger partial charge in [0.25, 0.3) is 0 Å². The molecule has 2 aromatic carbocycles. The molecule has 6 rings (SSSR count). The predicted molar refractivity (Wildman–Crippen MR) is 153 cm³/mol. The van der Waals surface area contributed by atoms with E-state index in [1.807, 2.05) is 42.5 Å². The SMILES string of the molecule is Cc1cc(-c2ccc(N3CCCC3)nc2)c(CN2CCC3(CC2)CN(c2ccccc2)C(=O)O3)cc1C(F)(F)F.O=C=O. The first-order chi connectivity index (χ1) is 20.6. The molecule has 0 bridgehead atoms. The van der Waals surface area contributed by atoms with Gasteiger partial charge in [-0.3, -0.25) is 9.80 Å². The fourth-order valence-corrected chi connectivity index (χ4v) is 6.19. The molecule has 3 saturated heterocycles. The Balaban J connectivity index is 0.00000118. The lowest BCUT2D eigenvalue weighted by molar-refractivity contribution is -0.191. The number of nitrogens with zero attached hydrogens (tertiary/aromatic N) is 4. The van der Waals surface area contributed by atoms with Crippen molar-refractivity contribution in [2.45, 2.75) is 50.9 Å². The van der Waals surface area contributed by atoms with E-state index in [-0.39, 0.29) is 17.8 Å². The van der Waals surface area contributed by atoms with Crippen LogP contribution in [0.15, 0.2) is 60.8 Å². The van der Waals surface area contributed by atoms with Crippen molar-refractivity contribution in [2.24, 2.45) is 0 Å². The summed E-state index contributed by atoms with van der Waals surface area (Å²) in [5.74, 6) is 0.906. The fraction of sp³-hybridized carbons (Fsp3) is 0.406. The molecule has 11 heteroatoms. The first-order valence-corrected chi connectivity index (χ1v) is 14.3. The van der Waals surface area contributed by atoms with Gasteiger partial charge >= 0.3 is 18.4 Å². The third-order valence-electron chi connectivity index (χ3n) is 8.44. The van der Waals surface area contributed by atoms with Crippen molar-refractivity contribution in [2.75, 3.05) is 42.5 Å². The van der Waals surface area contributed by atoms with Crippen molar-refractivity contribution in [1.29, 1.82) is 0 Å². The highest BCUT2D eigenvalue weighted by molar-refractivity contribution is 5.90. The minimum Gasteiger partial charge on any atom is -0.441 e. The van der Waals surface area contributed by atoms with E-state index in [2.05, 4.69) is 14.8 Å². The molecule has 3 aliphatic heterocycles. The Morgan fingerprint density at radius 2 is 1.65 bits per heavy atom. The molecule has 4 heterocycles. The van der Waals surface area contributed by atoms with E-state index < -0.39 is 17.3 Å². The van der Waals surface area contributed by atoms with Crippen LogP contribution in [0.2, 0.25) is 0 Å². The number of aromatic nitrogens is 1. The number of pyridine rings is 1. The van der Waals surface area contributed by atoms with E-state index in [1.165, 1.54) is 13.0 Å². The Bertz CT molecular complexity index is 1460. The van der Waals surface area contributed by atoms with Crippen LogP contribution in [-0.2, 0) is 27.0 Å². The van der Waals surface area contributed by atoms with Gasteiger partial charge in [-0.2, -0.15) is 22.8 Å². The highest BCUT2D eigenvalue weighted by Gasteiger charge is 2.47. The number of anilines is 2. The lowest BCUT2D eigenvalue weighted by Crippen LogP contribution is -2.46. The summed E-state index contributed by atoms with van der Waals surface area (Å²) in [4.78, 5) is 39.6.